The summed E-state index contributed by atoms with van der Waals surface area (Å²) in [6.07, 6.45) is 0.867. The number of methoxy groups -OCH3 is 1. The zero-order chi connectivity index (χ0) is 14.3. The second-order valence-electron chi connectivity index (χ2n) is 5.06. The normalized spacial score (nSPS) is 12.3. The van der Waals surface area contributed by atoms with Gasteiger partial charge in [0.2, 0.25) is 5.91 Å². The molecule has 2 N–H and O–H groups in total. The van der Waals surface area contributed by atoms with Crippen molar-refractivity contribution >= 4 is 5.91 Å². The number of hydrogen-bond donors (Lipinski definition) is 2. The van der Waals surface area contributed by atoms with Crippen molar-refractivity contribution in [3.63, 3.8) is 0 Å². The topological polar surface area (TPSA) is 50.4 Å². The Bertz CT molecular complexity index is 405. The lowest BCUT2D eigenvalue weighted by molar-refractivity contribution is -0.120. The van der Waals surface area contributed by atoms with Crippen LogP contribution in [-0.2, 0) is 11.2 Å². The molecule has 1 unspecified atom stereocenters. The first-order chi connectivity index (χ1) is 9.01. The first kappa shape index (κ1) is 15.5. The Morgan fingerprint density at radius 2 is 2.05 bits per heavy atom. The van der Waals surface area contributed by atoms with Crippen molar-refractivity contribution in [1.82, 2.24) is 10.6 Å². The molecule has 0 radical (unpaired) electrons. The van der Waals surface area contributed by atoms with E-state index in [1.165, 1.54) is 5.56 Å². The van der Waals surface area contributed by atoms with Crippen LogP contribution < -0.4 is 15.4 Å². The van der Waals surface area contributed by atoms with E-state index in [2.05, 4.69) is 23.6 Å². The predicted molar refractivity (Wildman–Crippen MR) is 77.4 cm³/mol. The molecule has 0 aliphatic rings. The van der Waals surface area contributed by atoms with E-state index in [0.717, 1.165) is 12.2 Å². The van der Waals surface area contributed by atoms with Gasteiger partial charge in [-0.3, -0.25) is 4.79 Å². The van der Waals surface area contributed by atoms with Gasteiger partial charge in [-0.25, -0.2) is 0 Å². The van der Waals surface area contributed by atoms with E-state index in [1.807, 2.05) is 32.0 Å². The second kappa shape index (κ2) is 7.79. The summed E-state index contributed by atoms with van der Waals surface area (Å²) in [5.74, 6) is 0.898. The lowest BCUT2D eigenvalue weighted by Gasteiger charge is -2.15. The smallest absolute Gasteiger partial charge is 0.234 e. The van der Waals surface area contributed by atoms with Crippen LogP contribution in [0.3, 0.4) is 0 Å². The molecule has 19 heavy (non-hydrogen) atoms. The summed E-state index contributed by atoms with van der Waals surface area (Å²) in [4.78, 5) is 11.5. The minimum atomic E-state index is 0.0347. The molecule has 1 rings (SSSR count). The van der Waals surface area contributed by atoms with E-state index < -0.39 is 0 Å². The zero-order valence-electron chi connectivity index (χ0n) is 12.2. The molecule has 0 saturated heterocycles. The van der Waals surface area contributed by atoms with Gasteiger partial charge in [0.25, 0.3) is 0 Å². The largest absolute Gasteiger partial charge is 0.497 e. The van der Waals surface area contributed by atoms with Crippen molar-refractivity contribution in [2.45, 2.75) is 39.3 Å². The van der Waals surface area contributed by atoms with Gasteiger partial charge in [0, 0.05) is 12.1 Å². The van der Waals surface area contributed by atoms with Crippen molar-refractivity contribution < 1.29 is 9.53 Å². The van der Waals surface area contributed by atoms with Crippen LogP contribution in [-0.4, -0.2) is 31.6 Å². The van der Waals surface area contributed by atoms with Gasteiger partial charge in [0.15, 0.2) is 0 Å². The third-order valence-electron chi connectivity index (χ3n) is 2.74. The van der Waals surface area contributed by atoms with E-state index in [0.29, 0.717) is 6.54 Å². The molecule has 0 aliphatic carbocycles. The van der Waals surface area contributed by atoms with E-state index in [4.69, 9.17) is 4.74 Å². The first-order valence-electron chi connectivity index (χ1n) is 6.67. The van der Waals surface area contributed by atoms with Crippen molar-refractivity contribution in [1.29, 1.82) is 0 Å². The summed E-state index contributed by atoms with van der Waals surface area (Å²) in [5.41, 5.74) is 1.20. The molecule has 4 heteroatoms. The fourth-order valence-corrected chi connectivity index (χ4v) is 1.87. The highest BCUT2D eigenvalue weighted by molar-refractivity contribution is 5.78. The van der Waals surface area contributed by atoms with Crippen LogP contribution in [0.15, 0.2) is 24.3 Å². The standard InChI is InChI=1S/C15H24N2O2/c1-11(2)17-15(18)10-16-12(3)8-13-6-5-7-14(9-13)19-4/h5-7,9,11-12,16H,8,10H2,1-4H3,(H,17,18). The van der Waals surface area contributed by atoms with Crippen LogP contribution >= 0.6 is 0 Å². The average molecular weight is 264 g/mol. The molecule has 1 aromatic rings. The molecule has 0 fully saturated rings. The first-order valence-corrected chi connectivity index (χ1v) is 6.67. The SMILES string of the molecule is COc1cccc(CC(C)NCC(=O)NC(C)C)c1. The van der Waals surface area contributed by atoms with Gasteiger partial charge in [0.1, 0.15) is 5.75 Å². The molecule has 0 saturated carbocycles. The van der Waals surface area contributed by atoms with E-state index >= 15 is 0 Å². The van der Waals surface area contributed by atoms with Gasteiger partial charge in [0.05, 0.1) is 13.7 Å². The van der Waals surface area contributed by atoms with Crippen molar-refractivity contribution in [2.24, 2.45) is 0 Å². The van der Waals surface area contributed by atoms with Gasteiger partial charge in [-0.15, -0.1) is 0 Å². The number of amides is 1. The molecule has 1 atom stereocenters. The number of carbonyl (C=O) groups excluding carboxylic acids is 1. The summed E-state index contributed by atoms with van der Waals surface area (Å²) in [7, 11) is 1.66. The fraction of sp³-hybridized carbons (Fsp3) is 0.533. The van der Waals surface area contributed by atoms with Crippen LogP contribution in [0, 0.1) is 0 Å². The fourth-order valence-electron chi connectivity index (χ4n) is 1.87. The third-order valence-corrected chi connectivity index (χ3v) is 2.74. The van der Waals surface area contributed by atoms with Gasteiger partial charge >= 0.3 is 0 Å². The monoisotopic (exact) mass is 264 g/mol. The molecular weight excluding hydrogens is 240 g/mol. The average Bonchev–Trinajstić information content (AvgIpc) is 2.36. The van der Waals surface area contributed by atoms with Gasteiger partial charge in [-0.2, -0.15) is 0 Å². The number of carbonyl (C=O) groups is 1. The summed E-state index contributed by atoms with van der Waals surface area (Å²) >= 11 is 0. The van der Waals surface area contributed by atoms with Gasteiger partial charge < -0.3 is 15.4 Å². The van der Waals surface area contributed by atoms with Crippen LogP contribution in [0.25, 0.3) is 0 Å². The highest BCUT2D eigenvalue weighted by atomic mass is 16.5. The van der Waals surface area contributed by atoms with Crippen molar-refractivity contribution in [3.8, 4) is 5.75 Å². The number of nitrogens with one attached hydrogen (secondary N) is 2. The lowest BCUT2D eigenvalue weighted by Crippen LogP contribution is -2.41. The lowest BCUT2D eigenvalue weighted by atomic mass is 10.1. The molecule has 4 nitrogen and oxygen atoms in total. The van der Waals surface area contributed by atoms with E-state index in [-0.39, 0.29) is 18.0 Å². The summed E-state index contributed by atoms with van der Waals surface area (Å²) in [5, 5.41) is 6.08. The Hall–Kier alpha value is -1.55. The van der Waals surface area contributed by atoms with Crippen molar-refractivity contribution in [2.75, 3.05) is 13.7 Å². The number of rotatable bonds is 7. The highest BCUT2D eigenvalue weighted by Crippen LogP contribution is 2.13. The molecular formula is C15H24N2O2. The number of ether oxygens (including phenoxy) is 1. The van der Waals surface area contributed by atoms with Crippen molar-refractivity contribution in [3.05, 3.63) is 29.8 Å². The second-order valence-corrected chi connectivity index (χ2v) is 5.06. The van der Waals surface area contributed by atoms with Crippen LogP contribution in [0.2, 0.25) is 0 Å². The Kier molecular flexibility index (Phi) is 6.36. The van der Waals surface area contributed by atoms with Crippen LogP contribution in [0.4, 0.5) is 0 Å². The van der Waals surface area contributed by atoms with Crippen LogP contribution in [0.1, 0.15) is 26.3 Å². The highest BCUT2D eigenvalue weighted by Gasteiger charge is 2.07. The quantitative estimate of drug-likeness (QED) is 0.788. The van der Waals surface area contributed by atoms with E-state index in [9.17, 15) is 4.79 Å². The predicted octanol–water partition coefficient (Wildman–Crippen LogP) is 1.74. The minimum Gasteiger partial charge on any atom is -0.497 e. The van der Waals surface area contributed by atoms with Gasteiger partial charge in [-0.1, -0.05) is 12.1 Å². The molecule has 0 aliphatic heterocycles. The van der Waals surface area contributed by atoms with Crippen LogP contribution in [0.5, 0.6) is 5.75 Å². The Labute approximate surface area is 115 Å². The third kappa shape index (κ3) is 6.25. The van der Waals surface area contributed by atoms with Gasteiger partial charge in [-0.05, 0) is 44.9 Å². The number of hydrogen-bond acceptors (Lipinski definition) is 3. The molecule has 0 aromatic heterocycles. The molecule has 1 aromatic carbocycles. The minimum absolute atomic E-state index is 0.0347. The number of benzene rings is 1. The molecule has 1 amide bonds. The summed E-state index contributed by atoms with van der Waals surface area (Å²) in [6.45, 7) is 6.33. The summed E-state index contributed by atoms with van der Waals surface area (Å²) < 4.78 is 5.19. The maximum absolute atomic E-state index is 11.5. The maximum atomic E-state index is 11.5. The molecule has 106 valence electrons. The molecule has 0 heterocycles. The molecule has 0 bridgehead atoms. The maximum Gasteiger partial charge on any atom is 0.234 e. The molecule has 0 spiro atoms. The zero-order valence-corrected chi connectivity index (χ0v) is 12.2. The Morgan fingerprint density at radius 3 is 2.68 bits per heavy atom. The Morgan fingerprint density at radius 1 is 1.32 bits per heavy atom. The Balaban J connectivity index is 2.38. The van der Waals surface area contributed by atoms with E-state index in [1.54, 1.807) is 7.11 Å². The summed E-state index contributed by atoms with van der Waals surface area (Å²) in [6, 6.07) is 8.42.